The van der Waals surface area contributed by atoms with Crippen LogP contribution in [0.4, 0.5) is 0 Å². The fourth-order valence-electron chi connectivity index (χ4n) is 2.20. The SMILES string of the molecule is Cc1cc(C(C)(C)C)cc(C)c1CN(C)CCS. The predicted molar refractivity (Wildman–Crippen MR) is 84.8 cm³/mol. The highest BCUT2D eigenvalue weighted by Crippen LogP contribution is 2.27. The van der Waals surface area contributed by atoms with Gasteiger partial charge in [0.25, 0.3) is 0 Å². The summed E-state index contributed by atoms with van der Waals surface area (Å²) >= 11 is 4.29. The van der Waals surface area contributed by atoms with Crippen LogP contribution in [0.3, 0.4) is 0 Å². The standard InChI is InChI=1S/C16H27NS/c1-12-9-14(16(3,4)5)10-13(2)15(12)11-17(6)7-8-18/h9-10,18H,7-8,11H2,1-6H3. The highest BCUT2D eigenvalue weighted by molar-refractivity contribution is 7.80. The van der Waals surface area contributed by atoms with Crippen molar-refractivity contribution in [3.63, 3.8) is 0 Å². The summed E-state index contributed by atoms with van der Waals surface area (Å²) in [6.45, 7) is 13.3. The second-order valence-electron chi connectivity index (χ2n) is 6.30. The third kappa shape index (κ3) is 4.03. The summed E-state index contributed by atoms with van der Waals surface area (Å²) in [6.07, 6.45) is 0. The Morgan fingerprint density at radius 3 is 2.00 bits per heavy atom. The normalized spacial score (nSPS) is 12.2. The van der Waals surface area contributed by atoms with Gasteiger partial charge >= 0.3 is 0 Å². The molecule has 0 fully saturated rings. The number of nitrogens with zero attached hydrogens (tertiary/aromatic N) is 1. The zero-order valence-corrected chi connectivity index (χ0v) is 13.6. The molecule has 0 radical (unpaired) electrons. The van der Waals surface area contributed by atoms with Crippen LogP contribution in [0.25, 0.3) is 0 Å². The Morgan fingerprint density at radius 2 is 1.61 bits per heavy atom. The van der Waals surface area contributed by atoms with E-state index in [4.69, 9.17) is 0 Å². The molecule has 0 heterocycles. The van der Waals surface area contributed by atoms with Gasteiger partial charge in [-0.15, -0.1) is 0 Å². The summed E-state index contributed by atoms with van der Waals surface area (Å²) < 4.78 is 0. The fourth-order valence-corrected chi connectivity index (χ4v) is 2.54. The van der Waals surface area contributed by atoms with E-state index in [1.165, 1.54) is 22.3 Å². The van der Waals surface area contributed by atoms with E-state index in [0.717, 1.165) is 18.8 Å². The number of hydrogen-bond donors (Lipinski definition) is 1. The maximum absolute atomic E-state index is 4.29. The second-order valence-corrected chi connectivity index (χ2v) is 6.75. The molecule has 0 aromatic heterocycles. The molecule has 2 heteroatoms. The summed E-state index contributed by atoms with van der Waals surface area (Å²) in [5.74, 6) is 0.911. The first-order valence-corrected chi connectivity index (χ1v) is 7.29. The Labute approximate surface area is 118 Å². The van der Waals surface area contributed by atoms with Gasteiger partial charge < -0.3 is 4.90 Å². The molecule has 0 atom stereocenters. The minimum absolute atomic E-state index is 0.227. The van der Waals surface area contributed by atoms with Gasteiger partial charge in [-0.2, -0.15) is 12.6 Å². The van der Waals surface area contributed by atoms with Crippen molar-refractivity contribution in [1.82, 2.24) is 4.90 Å². The van der Waals surface area contributed by atoms with Crippen LogP contribution in [0, 0.1) is 13.8 Å². The molecule has 18 heavy (non-hydrogen) atoms. The average molecular weight is 265 g/mol. The quantitative estimate of drug-likeness (QED) is 0.806. The van der Waals surface area contributed by atoms with Crippen LogP contribution in [-0.4, -0.2) is 24.2 Å². The van der Waals surface area contributed by atoms with Gasteiger partial charge in [0.2, 0.25) is 0 Å². The Morgan fingerprint density at radius 1 is 1.11 bits per heavy atom. The van der Waals surface area contributed by atoms with Gasteiger partial charge in [-0.3, -0.25) is 0 Å². The summed E-state index contributed by atoms with van der Waals surface area (Å²) in [6, 6.07) is 4.69. The van der Waals surface area contributed by atoms with Gasteiger partial charge in [-0.25, -0.2) is 0 Å². The molecule has 1 aromatic carbocycles. The molecule has 0 bridgehead atoms. The number of aryl methyl sites for hydroxylation is 2. The molecule has 0 aliphatic carbocycles. The van der Waals surface area contributed by atoms with E-state index in [2.05, 4.69) is 71.3 Å². The highest BCUT2D eigenvalue weighted by Gasteiger charge is 2.16. The molecule has 0 spiro atoms. The topological polar surface area (TPSA) is 3.24 Å². The number of hydrogen-bond acceptors (Lipinski definition) is 2. The van der Waals surface area contributed by atoms with E-state index in [9.17, 15) is 0 Å². The zero-order valence-electron chi connectivity index (χ0n) is 12.7. The Bertz CT molecular complexity index is 381. The van der Waals surface area contributed by atoms with Crippen LogP contribution in [-0.2, 0) is 12.0 Å². The largest absolute Gasteiger partial charge is 0.301 e. The molecule has 0 saturated carbocycles. The Hall–Kier alpha value is -0.470. The van der Waals surface area contributed by atoms with Crippen molar-refractivity contribution in [2.45, 2.75) is 46.6 Å². The summed E-state index contributed by atoms with van der Waals surface area (Å²) in [5, 5.41) is 0. The predicted octanol–water partition coefficient (Wildman–Crippen LogP) is 3.96. The molecule has 1 rings (SSSR count). The lowest BCUT2D eigenvalue weighted by Gasteiger charge is -2.24. The van der Waals surface area contributed by atoms with E-state index >= 15 is 0 Å². The smallest absolute Gasteiger partial charge is 0.0236 e. The molecule has 0 N–H and O–H groups in total. The maximum Gasteiger partial charge on any atom is 0.0236 e. The van der Waals surface area contributed by atoms with Crippen LogP contribution in [0.2, 0.25) is 0 Å². The van der Waals surface area contributed by atoms with Crippen molar-refractivity contribution >= 4 is 12.6 Å². The van der Waals surface area contributed by atoms with Gasteiger partial charge in [0.05, 0.1) is 0 Å². The Kier molecular flexibility index (Phi) is 5.30. The van der Waals surface area contributed by atoms with E-state index in [1.807, 2.05) is 0 Å². The lowest BCUT2D eigenvalue weighted by molar-refractivity contribution is 0.347. The van der Waals surface area contributed by atoms with Crippen molar-refractivity contribution < 1.29 is 0 Å². The third-order valence-corrected chi connectivity index (χ3v) is 3.67. The van der Waals surface area contributed by atoms with Gasteiger partial charge in [0.1, 0.15) is 0 Å². The van der Waals surface area contributed by atoms with Crippen LogP contribution >= 0.6 is 12.6 Å². The van der Waals surface area contributed by atoms with E-state index in [-0.39, 0.29) is 5.41 Å². The molecule has 0 unspecified atom stereocenters. The van der Waals surface area contributed by atoms with Crippen LogP contribution in [0.15, 0.2) is 12.1 Å². The molecular formula is C16H27NS. The number of thiol groups is 1. The average Bonchev–Trinajstić information content (AvgIpc) is 2.22. The highest BCUT2D eigenvalue weighted by atomic mass is 32.1. The molecular weight excluding hydrogens is 238 g/mol. The van der Waals surface area contributed by atoms with E-state index in [0.29, 0.717) is 0 Å². The molecule has 0 saturated heterocycles. The van der Waals surface area contributed by atoms with Crippen LogP contribution in [0.1, 0.15) is 43.0 Å². The second kappa shape index (κ2) is 6.12. The van der Waals surface area contributed by atoms with Gasteiger partial charge in [-0.05, 0) is 48.6 Å². The maximum atomic E-state index is 4.29. The molecule has 0 aliphatic rings. The molecule has 1 aromatic rings. The van der Waals surface area contributed by atoms with Crippen LogP contribution in [0.5, 0.6) is 0 Å². The van der Waals surface area contributed by atoms with Crippen molar-refractivity contribution in [2.75, 3.05) is 19.3 Å². The molecule has 102 valence electrons. The van der Waals surface area contributed by atoms with Gasteiger partial charge in [-0.1, -0.05) is 32.9 Å². The molecule has 0 amide bonds. The van der Waals surface area contributed by atoms with E-state index in [1.54, 1.807) is 0 Å². The first-order chi connectivity index (χ1) is 8.25. The Balaban J connectivity index is 3.02. The zero-order chi connectivity index (χ0) is 13.9. The lowest BCUT2D eigenvalue weighted by Crippen LogP contribution is -2.22. The third-order valence-electron chi connectivity index (χ3n) is 3.47. The van der Waals surface area contributed by atoms with Gasteiger partial charge in [0, 0.05) is 18.8 Å². The lowest BCUT2D eigenvalue weighted by atomic mass is 9.84. The van der Waals surface area contributed by atoms with Crippen molar-refractivity contribution in [3.8, 4) is 0 Å². The number of benzene rings is 1. The van der Waals surface area contributed by atoms with E-state index < -0.39 is 0 Å². The molecule has 1 nitrogen and oxygen atoms in total. The van der Waals surface area contributed by atoms with Crippen molar-refractivity contribution in [3.05, 3.63) is 34.4 Å². The molecule has 0 aliphatic heterocycles. The number of rotatable bonds is 4. The monoisotopic (exact) mass is 265 g/mol. The van der Waals surface area contributed by atoms with Crippen molar-refractivity contribution in [2.24, 2.45) is 0 Å². The fraction of sp³-hybridized carbons (Fsp3) is 0.625. The van der Waals surface area contributed by atoms with Crippen LogP contribution < -0.4 is 0 Å². The summed E-state index contributed by atoms with van der Waals surface area (Å²) in [5.41, 5.74) is 5.94. The van der Waals surface area contributed by atoms with Crippen molar-refractivity contribution in [1.29, 1.82) is 0 Å². The summed E-state index contributed by atoms with van der Waals surface area (Å²) in [7, 11) is 2.16. The minimum Gasteiger partial charge on any atom is -0.301 e. The minimum atomic E-state index is 0.227. The summed E-state index contributed by atoms with van der Waals surface area (Å²) in [4.78, 5) is 2.33. The first kappa shape index (κ1) is 15.6. The first-order valence-electron chi connectivity index (χ1n) is 6.65. The van der Waals surface area contributed by atoms with Gasteiger partial charge in [0.15, 0.2) is 0 Å².